The van der Waals surface area contributed by atoms with Crippen LogP contribution in [0.3, 0.4) is 0 Å². The van der Waals surface area contributed by atoms with Gasteiger partial charge in [-0.15, -0.1) is 0 Å². The zero-order chi connectivity index (χ0) is 18.1. The summed E-state index contributed by atoms with van der Waals surface area (Å²) in [7, 11) is 1.75. The zero-order valence-electron chi connectivity index (χ0n) is 15.6. The molecule has 5 rings (SSSR count). The van der Waals surface area contributed by atoms with Crippen molar-refractivity contribution in [3.8, 4) is 0 Å². The van der Waals surface area contributed by atoms with E-state index < -0.39 is 5.97 Å². The first-order valence-electron chi connectivity index (χ1n) is 10.2. The van der Waals surface area contributed by atoms with Gasteiger partial charge >= 0.3 is 5.97 Å². The zero-order valence-corrected chi connectivity index (χ0v) is 15.6. The number of guanidine groups is 1. The van der Waals surface area contributed by atoms with Gasteiger partial charge in [-0.25, -0.2) is 4.79 Å². The largest absolute Gasteiger partial charge is 0.478 e. The second kappa shape index (κ2) is 5.37. The van der Waals surface area contributed by atoms with Crippen LogP contribution in [-0.2, 0) is 4.79 Å². The monoisotopic (exact) mass is 355 g/mol. The molecule has 5 atom stereocenters. The first-order valence-corrected chi connectivity index (χ1v) is 10.2. The average Bonchev–Trinajstić information content (AvgIpc) is 3.02. The van der Waals surface area contributed by atoms with Crippen LogP contribution in [0.2, 0.25) is 0 Å². The standard InChI is InChI=1S/C21H29N3O2/c1-23-19(22)24-9-3-8-20(12-24)14-7-6-13-4-2-5-15-10-16(18(25)26)17(11-14)21(13,15)20/h3,9,13-15H,2,4-8,10-12H2,1H3,(H2,22,23)(H,25,26)/t13-,14-,15+,20-,21-/m1/s1. The van der Waals surface area contributed by atoms with E-state index >= 15 is 0 Å². The number of rotatable bonds is 1. The maximum atomic E-state index is 12.1. The Bertz CT molecular complexity index is 754. The lowest BCUT2D eigenvalue weighted by Gasteiger charge is -2.62. The van der Waals surface area contributed by atoms with Crippen LogP contribution in [0.5, 0.6) is 0 Å². The second-order valence-electron chi connectivity index (χ2n) is 9.09. The molecule has 2 bridgehead atoms. The summed E-state index contributed by atoms with van der Waals surface area (Å²) >= 11 is 0. The van der Waals surface area contributed by atoms with Crippen LogP contribution in [0.15, 0.2) is 28.4 Å². The van der Waals surface area contributed by atoms with Crippen molar-refractivity contribution in [3.05, 3.63) is 23.4 Å². The number of nitrogens with zero attached hydrogens (tertiary/aromatic N) is 2. The molecule has 5 aliphatic rings. The summed E-state index contributed by atoms with van der Waals surface area (Å²) in [6, 6.07) is 0. The topological polar surface area (TPSA) is 78.9 Å². The number of allylic oxidation sites excluding steroid dienone is 2. The molecule has 0 radical (unpaired) electrons. The van der Waals surface area contributed by atoms with Crippen molar-refractivity contribution in [1.29, 1.82) is 0 Å². The Hall–Kier alpha value is -1.78. The van der Waals surface area contributed by atoms with Crippen molar-refractivity contribution in [1.82, 2.24) is 4.90 Å². The number of aliphatic carboxylic acids is 1. The number of hydrogen-bond acceptors (Lipinski definition) is 2. The van der Waals surface area contributed by atoms with Gasteiger partial charge in [0.1, 0.15) is 0 Å². The molecule has 5 nitrogen and oxygen atoms in total. The summed E-state index contributed by atoms with van der Waals surface area (Å²) < 4.78 is 0. The molecule has 5 heteroatoms. The first-order chi connectivity index (χ1) is 12.5. The van der Waals surface area contributed by atoms with Crippen LogP contribution >= 0.6 is 0 Å². The third-order valence-electron chi connectivity index (χ3n) is 8.63. The van der Waals surface area contributed by atoms with Gasteiger partial charge in [0, 0.05) is 36.2 Å². The Kier molecular flexibility index (Phi) is 3.38. The Balaban J connectivity index is 1.70. The van der Waals surface area contributed by atoms with Gasteiger partial charge in [0.2, 0.25) is 0 Å². The van der Waals surface area contributed by atoms with Gasteiger partial charge in [-0.2, -0.15) is 0 Å². The van der Waals surface area contributed by atoms with Crippen molar-refractivity contribution in [2.24, 2.45) is 39.3 Å². The fourth-order valence-electron chi connectivity index (χ4n) is 8.02. The molecule has 140 valence electrons. The molecule has 0 aromatic heterocycles. The molecule has 0 aromatic rings. The van der Waals surface area contributed by atoms with Crippen LogP contribution in [0.1, 0.15) is 51.4 Å². The van der Waals surface area contributed by atoms with Crippen LogP contribution in [-0.4, -0.2) is 35.5 Å². The highest BCUT2D eigenvalue weighted by Crippen LogP contribution is 2.78. The molecular formula is C21H29N3O2. The minimum Gasteiger partial charge on any atom is -0.478 e. The smallest absolute Gasteiger partial charge is 0.331 e. The summed E-state index contributed by atoms with van der Waals surface area (Å²) in [6.45, 7) is 0.904. The van der Waals surface area contributed by atoms with Gasteiger partial charge in [-0.1, -0.05) is 18.1 Å². The molecule has 3 saturated carbocycles. The third-order valence-corrected chi connectivity index (χ3v) is 8.63. The van der Waals surface area contributed by atoms with Gasteiger partial charge in [-0.05, 0) is 62.7 Å². The Morgan fingerprint density at radius 2 is 2.00 bits per heavy atom. The van der Waals surface area contributed by atoms with E-state index in [0.717, 1.165) is 31.4 Å². The van der Waals surface area contributed by atoms with E-state index in [1.807, 2.05) is 0 Å². The van der Waals surface area contributed by atoms with Crippen LogP contribution < -0.4 is 5.73 Å². The fraction of sp³-hybridized carbons (Fsp3) is 0.714. The van der Waals surface area contributed by atoms with E-state index in [4.69, 9.17) is 5.73 Å². The Morgan fingerprint density at radius 1 is 1.23 bits per heavy atom. The number of aliphatic imine (C=N–C) groups is 1. The summed E-state index contributed by atoms with van der Waals surface area (Å²) in [5.41, 5.74) is 8.53. The number of nitrogens with two attached hydrogens (primary N) is 1. The van der Waals surface area contributed by atoms with Gasteiger partial charge in [0.15, 0.2) is 5.96 Å². The van der Waals surface area contributed by atoms with Gasteiger partial charge in [0.25, 0.3) is 0 Å². The maximum Gasteiger partial charge on any atom is 0.331 e. The third kappa shape index (κ3) is 1.72. The lowest BCUT2D eigenvalue weighted by Crippen LogP contribution is -2.60. The molecule has 4 aliphatic carbocycles. The molecule has 0 unspecified atom stereocenters. The van der Waals surface area contributed by atoms with Gasteiger partial charge in [0.05, 0.1) is 0 Å². The summed E-state index contributed by atoms with van der Waals surface area (Å²) in [5.74, 6) is 1.67. The quantitative estimate of drug-likeness (QED) is 0.559. The molecular weight excluding hydrogens is 326 g/mol. The minimum atomic E-state index is -0.664. The average molecular weight is 355 g/mol. The molecule has 2 spiro atoms. The normalized spacial score (nSPS) is 44.0. The van der Waals surface area contributed by atoms with E-state index in [9.17, 15) is 9.90 Å². The molecule has 0 saturated heterocycles. The highest BCUT2D eigenvalue weighted by atomic mass is 16.4. The van der Waals surface area contributed by atoms with Crippen molar-refractivity contribution in [2.75, 3.05) is 13.6 Å². The first kappa shape index (κ1) is 16.4. The van der Waals surface area contributed by atoms with E-state index in [1.54, 1.807) is 7.05 Å². The van der Waals surface area contributed by atoms with Crippen molar-refractivity contribution in [2.45, 2.75) is 51.4 Å². The molecule has 26 heavy (non-hydrogen) atoms. The molecule has 3 N–H and O–H groups in total. The van der Waals surface area contributed by atoms with Crippen molar-refractivity contribution < 1.29 is 9.90 Å². The summed E-state index contributed by atoms with van der Waals surface area (Å²) in [6.07, 6.45) is 13.4. The van der Waals surface area contributed by atoms with Crippen molar-refractivity contribution in [3.63, 3.8) is 0 Å². The van der Waals surface area contributed by atoms with Crippen LogP contribution in [0.25, 0.3) is 0 Å². The van der Waals surface area contributed by atoms with E-state index in [1.165, 1.54) is 37.7 Å². The highest BCUT2D eigenvalue weighted by Gasteiger charge is 2.73. The second-order valence-corrected chi connectivity index (χ2v) is 9.09. The SMILES string of the molecule is CN=C(N)N1C=CC[C@@]2(C1)[C@@H]1CC[C@H]3CCC[C@H]4CC(C(=O)O)=C(C1)[C@@]342. The van der Waals surface area contributed by atoms with Crippen LogP contribution in [0, 0.1) is 28.6 Å². The predicted octanol–water partition coefficient (Wildman–Crippen LogP) is 3.14. The van der Waals surface area contributed by atoms with Gasteiger partial charge in [-0.3, -0.25) is 4.99 Å². The maximum absolute atomic E-state index is 12.1. The van der Waals surface area contributed by atoms with Crippen molar-refractivity contribution >= 4 is 11.9 Å². The highest BCUT2D eigenvalue weighted by molar-refractivity contribution is 5.89. The lowest BCUT2D eigenvalue weighted by atomic mass is 9.43. The number of carboxylic acids is 1. The Morgan fingerprint density at radius 3 is 2.77 bits per heavy atom. The molecule has 3 fully saturated rings. The van der Waals surface area contributed by atoms with Crippen LogP contribution in [0.4, 0.5) is 0 Å². The van der Waals surface area contributed by atoms with E-state index in [0.29, 0.717) is 23.7 Å². The van der Waals surface area contributed by atoms with Gasteiger partial charge < -0.3 is 15.7 Å². The lowest BCUT2D eigenvalue weighted by molar-refractivity contribution is -0.133. The molecule has 1 aliphatic heterocycles. The Labute approximate surface area is 155 Å². The molecule has 0 aromatic carbocycles. The van der Waals surface area contributed by atoms with E-state index in [-0.39, 0.29) is 10.8 Å². The summed E-state index contributed by atoms with van der Waals surface area (Å²) in [5, 5.41) is 9.94. The number of carboxylic acid groups (broad SMARTS) is 1. The number of hydrogen-bond donors (Lipinski definition) is 2. The summed E-state index contributed by atoms with van der Waals surface area (Å²) in [4.78, 5) is 18.4. The molecule has 0 amide bonds. The number of carbonyl (C=O) groups is 1. The fourth-order valence-corrected chi connectivity index (χ4v) is 8.02. The predicted molar refractivity (Wildman–Crippen MR) is 100 cm³/mol. The minimum absolute atomic E-state index is 0.0962. The van der Waals surface area contributed by atoms with E-state index in [2.05, 4.69) is 22.2 Å². The molecule has 1 heterocycles.